The fraction of sp³-hybridized carbons (Fsp3) is 0.862. The largest absolute Gasteiger partial charge is 0.458 e. The SMILES string of the molecule is CC(OC(=O)CCC(=O)OC1C2CC3C1OC(=O)C3C2C(=O)OC(C)(C)OC1CC2CC1C1CCCC21)C(F)(F)S(=O)(=O)O. The molecule has 12 atom stereocenters. The Kier molecular flexibility index (Phi) is 7.79. The summed E-state index contributed by atoms with van der Waals surface area (Å²) in [5.41, 5.74) is 0. The van der Waals surface area contributed by atoms with E-state index in [0.717, 1.165) is 18.8 Å². The first kappa shape index (κ1) is 31.6. The quantitative estimate of drug-likeness (QED) is 0.151. The number of fused-ring (bicyclic) bond motifs is 6. The Bertz CT molecular complexity index is 1330. The van der Waals surface area contributed by atoms with Gasteiger partial charge in [0.25, 0.3) is 0 Å². The summed E-state index contributed by atoms with van der Waals surface area (Å²) in [5.74, 6) is -4.70. The number of carbonyl (C=O) groups is 4. The number of halogens is 2. The zero-order valence-corrected chi connectivity index (χ0v) is 25.5. The highest BCUT2D eigenvalue weighted by Crippen LogP contribution is 2.61. The summed E-state index contributed by atoms with van der Waals surface area (Å²) in [6, 6.07) is 0. The normalized spacial score (nSPS) is 39.2. The lowest BCUT2D eigenvalue weighted by Crippen LogP contribution is -2.47. The van der Waals surface area contributed by atoms with Gasteiger partial charge >= 0.3 is 39.2 Å². The second-order valence-corrected chi connectivity index (χ2v) is 15.3. The van der Waals surface area contributed by atoms with E-state index in [-0.39, 0.29) is 12.0 Å². The molecule has 0 spiro atoms. The first-order valence-electron chi connectivity index (χ1n) is 15.3. The molecule has 1 aliphatic heterocycles. The van der Waals surface area contributed by atoms with E-state index in [4.69, 9.17) is 23.5 Å². The lowest BCUT2D eigenvalue weighted by Gasteiger charge is -2.38. The van der Waals surface area contributed by atoms with E-state index in [0.29, 0.717) is 31.1 Å². The number of esters is 4. The van der Waals surface area contributed by atoms with Crippen molar-refractivity contribution in [3.63, 3.8) is 0 Å². The van der Waals surface area contributed by atoms with Gasteiger partial charge in [-0.15, -0.1) is 0 Å². The van der Waals surface area contributed by atoms with Crippen molar-refractivity contribution in [2.45, 2.75) is 108 Å². The highest BCUT2D eigenvalue weighted by Gasteiger charge is 2.70. The molecule has 6 rings (SSSR count). The maximum Gasteiger partial charge on any atom is 0.405 e. The molecule has 4 bridgehead atoms. The molecule has 44 heavy (non-hydrogen) atoms. The van der Waals surface area contributed by atoms with E-state index < -0.39 is 93.9 Å². The van der Waals surface area contributed by atoms with E-state index in [1.807, 2.05) is 0 Å². The zero-order chi connectivity index (χ0) is 31.9. The predicted molar refractivity (Wildman–Crippen MR) is 142 cm³/mol. The molecular formula is C29H38F2O12S. The predicted octanol–water partition coefficient (Wildman–Crippen LogP) is 3.02. The molecule has 5 saturated carbocycles. The van der Waals surface area contributed by atoms with E-state index >= 15 is 0 Å². The fourth-order valence-corrected chi connectivity index (χ4v) is 9.73. The molecule has 5 aliphatic carbocycles. The third kappa shape index (κ3) is 5.29. The molecule has 0 aromatic carbocycles. The highest BCUT2D eigenvalue weighted by molar-refractivity contribution is 7.86. The first-order chi connectivity index (χ1) is 20.5. The number of hydrogen-bond donors (Lipinski definition) is 1. The van der Waals surface area contributed by atoms with Crippen LogP contribution in [0.2, 0.25) is 0 Å². The van der Waals surface area contributed by atoms with Crippen molar-refractivity contribution in [1.82, 2.24) is 0 Å². The zero-order valence-electron chi connectivity index (χ0n) is 24.7. The molecule has 6 aliphatic rings. The molecule has 1 heterocycles. The Labute approximate surface area is 253 Å². The lowest BCUT2D eigenvalue weighted by atomic mass is 9.78. The van der Waals surface area contributed by atoms with Crippen LogP contribution in [0.25, 0.3) is 0 Å². The Balaban J connectivity index is 1.04. The van der Waals surface area contributed by atoms with Crippen LogP contribution in [0.1, 0.15) is 72.1 Å². The molecule has 6 fully saturated rings. The van der Waals surface area contributed by atoms with E-state index in [9.17, 15) is 36.4 Å². The van der Waals surface area contributed by atoms with Gasteiger partial charge in [-0.2, -0.15) is 17.2 Å². The Hall–Kier alpha value is -2.39. The molecular weight excluding hydrogens is 610 g/mol. The topological polar surface area (TPSA) is 169 Å². The molecule has 246 valence electrons. The van der Waals surface area contributed by atoms with Crippen LogP contribution in [-0.4, -0.2) is 72.3 Å². The lowest BCUT2D eigenvalue weighted by molar-refractivity contribution is -0.247. The van der Waals surface area contributed by atoms with Crippen LogP contribution in [0, 0.1) is 47.3 Å². The molecule has 12 unspecified atom stereocenters. The Morgan fingerprint density at radius 3 is 2.39 bits per heavy atom. The van der Waals surface area contributed by atoms with Crippen molar-refractivity contribution in [1.29, 1.82) is 0 Å². The van der Waals surface area contributed by atoms with E-state index in [2.05, 4.69) is 4.74 Å². The van der Waals surface area contributed by atoms with Crippen molar-refractivity contribution < 1.29 is 64.6 Å². The Morgan fingerprint density at radius 2 is 1.68 bits per heavy atom. The standard InChI is InChI=1S/C29H38F2O12S/c1-12(29(30,31)44(36,37)38)39-20(32)7-8-21(33)40-24-18-11-17-22(26(34)41-25(17)24)23(18)27(35)43-28(2,3)42-19-10-13-9-16(19)15-6-4-5-14(13)15/h12-19,22-25H,4-11H2,1-3H3,(H,36,37,38). The second kappa shape index (κ2) is 10.9. The van der Waals surface area contributed by atoms with Gasteiger partial charge < -0.3 is 23.7 Å². The minimum absolute atomic E-state index is 0.00524. The van der Waals surface area contributed by atoms with Gasteiger partial charge in [0.1, 0.15) is 12.2 Å². The van der Waals surface area contributed by atoms with Crippen molar-refractivity contribution in [3.05, 3.63) is 0 Å². The number of rotatable bonds is 11. The first-order valence-corrected chi connectivity index (χ1v) is 16.8. The maximum absolute atomic E-state index is 13.7. The van der Waals surface area contributed by atoms with Gasteiger partial charge in [0.2, 0.25) is 5.79 Å². The maximum atomic E-state index is 13.7. The van der Waals surface area contributed by atoms with Crippen LogP contribution in [-0.2, 0) is 53.0 Å². The van der Waals surface area contributed by atoms with Crippen LogP contribution < -0.4 is 0 Å². The third-order valence-electron chi connectivity index (χ3n) is 10.9. The molecule has 0 aromatic rings. The van der Waals surface area contributed by atoms with Gasteiger partial charge in [0.05, 0.1) is 30.8 Å². The molecule has 0 radical (unpaired) electrons. The van der Waals surface area contributed by atoms with Crippen molar-refractivity contribution in [2.75, 3.05) is 0 Å². The smallest absolute Gasteiger partial charge is 0.405 e. The molecule has 1 saturated heterocycles. The summed E-state index contributed by atoms with van der Waals surface area (Å²) >= 11 is 0. The summed E-state index contributed by atoms with van der Waals surface area (Å²) in [6.07, 6.45) is 0.664. The summed E-state index contributed by atoms with van der Waals surface area (Å²) < 4.78 is 85.3. The number of hydrogen-bond acceptors (Lipinski definition) is 11. The number of carbonyl (C=O) groups excluding carboxylic acids is 4. The average molecular weight is 649 g/mol. The Morgan fingerprint density at radius 1 is 1.00 bits per heavy atom. The summed E-state index contributed by atoms with van der Waals surface area (Å²) in [6.45, 7) is 3.96. The van der Waals surface area contributed by atoms with Crippen LogP contribution in [0.5, 0.6) is 0 Å². The number of ether oxygens (including phenoxy) is 5. The second-order valence-electron chi connectivity index (χ2n) is 13.8. The molecule has 0 amide bonds. The minimum Gasteiger partial charge on any atom is -0.458 e. The summed E-state index contributed by atoms with van der Waals surface area (Å²) in [7, 11) is -5.83. The van der Waals surface area contributed by atoms with Gasteiger partial charge in [-0.05, 0) is 62.7 Å². The summed E-state index contributed by atoms with van der Waals surface area (Å²) in [4.78, 5) is 50.9. The molecule has 0 aromatic heterocycles. The minimum atomic E-state index is -5.83. The molecule has 12 nitrogen and oxygen atoms in total. The van der Waals surface area contributed by atoms with Crippen LogP contribution in [0.4, 0.5) is 8.78 Å². The van der Waals surface area contributed by atoms with Gasteiger partial charge in [0.15, 0.2) is 6.10 Å². The average Bonchev–Trinajstić information content (AvgIpc) is 3.72. The molecule has 1 N–H and O–H groups in total. The van der Waals surface area contributed by atoms with Gasteiger partial charge in [-0.3, -0.25) is 23.7 Å². The van der Waals surface area contributed by atoms with Crippen LogP contribution >= 0.6 is 0 Å². The summed E-state index contributed by atoms with van der Waals surface area (Å²) in [5, 5.41) is -4.74. The van der Waals surface area contributed by atoms with Gasteiger partial charge in [-0.1, -0.05) is 6.42 Å². The van der Waals surface area contributed by atoms with Crippen molar-refractivity contribution in [3.8, 4) is 0 Å². The third-order valence-corrected chi connectivity index (χ3v) is 11.9. The van der Waals surface area contributed by atoms with E-state index in [1.54, 1.807) is 13.8 Å². The van der Waals surface area contributed by atoms with Crippen LogP contribution in [0.3, 0.4) is 0 Å². The van der Waals surface area contributed by atoms with Gasteiger partial charge in [0, 0.05) is 25.7 Å². The van der Waals surface area contributed by atoms with Crippen molar-refractivity contribution in [2.24, 2.45) is 47.3 Å². The highest BCUT2D eigenvalue weighted by atomic mass is 32.2. The fourth-order valence-electron chi connectivity index (χ4n) is 9.26. The molecule has 15 heteroatoms. The van der Waals surface area contributed by atoms with Gasteiger partial charge in [-0.25, -0.2) is 0 Å². The number of alkyl halides is 2. The van der Waals surface area contributed by atoms with Crippen LogP contribution in [0.15, 0.2) is 0 Å². The van der Waals surface area contributed by atoms with Crippen molar-refractivity contribution >= 4 is 34.0 Å². The van der Waals surface area contributed by atoms with E-state index in [1.165, 1.54) is 19.3 Å². The monoisotopic (exact) mass is 648 g/mol.